The molecule has 7 nitrogen and oxygen atoms in total. The van der Waals surface area contributed by atoms with Gasteiger partial charge in [-0.05, 0) is 42.1 Å². The molecule has 0 bridgehead atoms. The highest BCUT2D eigenvalue weighted by atomic mass is 32.2. The number of hydrogen-bond donors (Lipinski definition) is 1. The molecule has 1 N–H and O–H groups in total. The van der Waals surface area contributed by atoms with Gasteiger partial charge in [0.05, 0.1) is 9.83 Å². The number of hydrazine groups is 1. The number of nitro groups is 1. The number of benzene rings is 2. The lowest BCUT2D eigenvalue weighted by Gasteiger charge is -2.15. The first-order valence-corrected chi connectivity index (χ1v) is 8.67. The molecule has 3 rings (SSSR count). The lowest BCUT2D eigenvalue weighted by Crippen LogP contribution is -2.45. The van der Waals surface area contributed by atoms with Crippen molar-refractivity contribution in [2.75, 3.05) is 0 Å². The van der Waals surface area contributed by atoms with Crippen LogP contribution in [-0.4, -0.2) is 26.1 Å². The Morgan fingerprint density at radius 1 is 1.26 bits per heavy atom. The molecule has 0 saturated carbocycles. The maximum Gasteiger partial charge on any atom is 0.285 e. The molecule has 2 aromatic rings. The molecule has 2 aromatic carbocycles. The highest BCUT2D eigenvalue weighted by molar-refractivity contribution is 8.26. The summed E-state index contributed by atoms with van der Waals surface area (Å²) >= 11 is 6.02. The minimum atomic E-state index is -0.842. The van der Waals surface area contributed by atoms with Crippen LogP contribution in [0.2, 0.25) is 0 Å². The third kappa shape index (κ3) is 4.01. The van der Waals surface area contributed by atoms with Crippen molar-refractivity contribution in [2.24, 2.45) is 0 Å². The van der Waals surface area contributed by atoms with Crippen molar-refractivity contribution >= 4 is 51.9 Å². The number of rotatable bonds is 4. The third-order valence-electron chi connectivity index (χ3n) is 3.50. The van der Waals surface area contributed by atoms with Gasteiger partial charge in [0.25, 0.3) is 17.5 Å². The first kappa shape index (κ1) is 18.7. The molecule has 0 radical (unpaired) electrons. The van der Waals surface area contributed by atoms with Gasteiger partial charge in [-0.25, -0.2) is 4.39 Å². The second kappa shape index (κ2) is 7.64. The Morgan fingerprint density at radius 2 is 2.00 bits per heavy atom. The van der Waals surface area contributed by atoms with Crippen molar-refractivity contribution in [2.45, 2.75) is 0 Å². The van der Waals surface area contributed by atoms with Gasteiger partial charge >= 0.3 is 0 Å². The van der Waals surface area contributed by atoms with Crippen LogP contribution in [0.15, 0.2) is 53.4 Å². The monoisotopic (exact) mass is 403 g/mol. The second-order valence-corrected chi connectivity index (χ2v) is 6.96. The van der Waals surface area contributed by atoms with Gasteiger partial charge in [0, 0.05) is 6.07 Å². The summed E-state index contributed by atoms with van der Waals surface area (Å²) in [6, 6.07) is 11.0. The number of hydrogen-bond acceptors (Lipinski definition) is 6. The average molecular weight is 403 g/mol. The van der Waals surface area contributed by atoms with E-state index in [1.165, 1.54) is 48.5 Å². The van der Waals surface area contributed by atoms with E-state index in [1.807, 2.05) is 0 Å². The molecule has 10 heteroatoms. The summed E-state index contributed by atoms with van der Waals surface area (Å²) in [4.78, 5) is 35.4. The second-order valence-electron chi connectivity index (χ2n) is 5.29. The van der Waals surface area contributed by atoms with Gasteiger partial charge in [-0.15, -0.1) is 0 Å². The number of para-hydroxylation sites is 1. The molecular weight excluding hydrogens is 393 g/mol. The number of nitrogens with zero attached hydrogens (tertiary/aromatic N) is 2. The van der Waals surface area contributed by atoms with Crippen molar-refractivity contribution in [1.82, 2.24) is 10.4 Å². The van der Waals surface area contributed by atoms with Crippen molar-refractivity contribution in [1.29, 1.82) is 0 Å². The smallest absolute Gasteiger partial charge is 0.267 e. The molecule has 1 saturated heterocycles. The summed E-state index contributed by atoms with van der Waals surface area (Å²) < 4.78 is 13.3. The molecule has 1 heterocycles. The van der Waals surface area contributed by atoms with Crippen LogP contribution in [0.1, 0.15) is 15.9 Å². The van der Waals surface area contributed by atoms with Gasteiger partial charge in [-0.2, -0.15) is 5.01 Å². The number of amides is 2. The summed E-state index contributed by atoms with van der Waals surface area (Å²) in [6.07, 6.45) is 1.44. The lowest BCUT2D eigenvalue weighted by atomic mass is 10.2. The SMILES string of the molecule is O=C(NN1C(=O)/C(=C/c2cccc(F)c2)SC1=S)c1ccccc1[N+](=O)[O-]. The Bertz CT molecular complexity index is 1010. The summed E-state index contributed by atoms with van der Waals surface area (Å²) in [5, 5.41) is 11.9. The number of carbonyl (C=O) groups excluding carboxylic acids is 2. The van der Waals surface area contributed by atoms with Crippen LogP contribution in [0.4, 0.5) is 10.1 Å². The van der Waals surface area contributed by atoms with Gasteiger partial charge in [-0.1, -0.05) is 36.0 Å². The van der Waals surface area contributed by atoms with E-state index in [1.54, 1.807) is 6.07 Å². The molecule has 0 atom stereocenters. The number of thiocarbonyl (C=S) groups is 1. The first-order valence-electron chi connectivity index (χ1n) is 7.45. The predicted octanol–water partition coefficient (Wildman–Crippen LogP) is 3.28. The van der Waals surface area contributed by atoms with Crippen LogP contribution in [-0.2, 0) is 4.79 Å². The Morgan fingerprint density at radius 3 is 2.70 bits per heavy atom. The molecule has 136 valence electrons. The normalized spacial score (nSPS) is 15.3. The highest BCUT2D eigenvalue weighted by Crippen LogP contribution is 2.31. The van der Waals surface area contributed by atoms with Gasteiger partial charge < -0.3 is 0 Å². The Balaban J connectivity index is 1.82. The zero-order chi connectivity index (χ0) is 19.6. The number of carbonyl (C=O) groups is 2. The largest absolute Gasteiger partial charge is 0.285 e. The van der Waals surface area contributed by atoms with Crippen LogP contribution >= 0.6 is 24.0 Å². The molecule has 1 fully saturated rings. The van der Waals surface area contributed by atoms with Crippen LogP contribution < -0.4 is 5.43 Å². The Labute approximate surface area is 162 Å². The summed E-state index contributed by atoms with van der Waals surface area (Å²) in [7, 11) is 0. The molecule has 27 heavy (non-hydrogen) atoms. The summed E-state index contributed by atoms with van der Waals surface area (Å²) in [6.45, 7) is 0. The summed E-state index contributed by atoms with van der Waals surface area (Å²) in [5.41, 5.74) is 2.14. The maximum atomic E-state index is 13.3. The number of halogens is 1. The fourth-order valence-corrected chi connectivity index (χ4v) is 3.48. The summed E-state index contributed by atoms with van der Waals surface area (Å²) in [5.74, 6) is -1.91. The zero-order valence-corrected chi connectivity index (χ0v) is 15.1. The lowest BCUT2D eigenvalue weighted by molar-refractivity contribution is -0.385. The predicted molar refractivity (Wildman–Crippen MR) is 102 cm³/mol. The van der Waals surface area contributed by atoms with E-state index in [0.717, 1.165) is 16.8 Å². The van der Waals surface area contributed by atoms with Gasteiger partial charge in [0.2, 0.25) is 0 Å². The minimum Gasteiger partial charge on any atom is -0.267 e. The maximum absolute atomic E-state index is 13.3. The molecule has 2 amide bonds. The highest BCUT2D eigenvalue weighted by Gasteiger charge is 2.34. The van der Waals surface area contributed by atoms with E-state index in [2.05, 4.69) is 5.43 Å². The van der Waals surface area contributed by atoms with Gasteiger partial charge in [0.1, 0.15) is 11.4 Å². The van der Waals surface area contributed by atoms with E-state index < -0.39 is 28.2 Å². The quantitative estimate of drug-likeness (QED) is 0.365. The molecule has 0 aliphatic carbocycles. The Hall–Kier alpha value is -3.11. The topological polar surface area (TPSA) is 92.6 Å². The van der Waals surface area contributed by atoms with E-state index in [9.17, 15) is 24.1 Å². The number of thioether (sulfide) groups is 1. The van der Waals surface area contributed by atoms with E-state index in [0.29, 0.717) is 5.56 Å². The fraction of sp³-hybridized carbons (Fsp3) is 0. The molecule has 0 unspecified atom stereocenters. The van der Waals surface area contributed by atoms with E-state index in [-0.39, 0.29) is 14.8 Å². The zero-order valence-electron chi connectivity index (χ0n) is 13.4. The fourth-order valence-electron chi connectivity index (χ4n) is 2.30. The van der Waals surface area contributed by atoms with Crippen molar-refractivity contribution in [3.05, 3.63) is 80.5 Å². The first-order chi connectivity index (χ1) is 12.9. The number of nitrogens with one attached hydrogen (secondary N) is 1. The molecule has 0 aromatic heterocycles. The van der Waals surface area contributed by atoms with Gasteiger partial charge in [0.15, 0.2) is 4.32 Å². The average Bonchev–Trinajstić information content (AvgIpc) is 2.89. The minimum absolute atomic E-state index is 0.0505. The molecule has 0 spiro atoms. The molecule has 1 aliphatic rings. The standard InChI is InChI=1S/C17H10FN3O4S2/c18-11-5-3-4-10(8-11)9-14-16(23)20(17(26)27-14)19-15(22)12-6-1-2-7-13(12)21(24)25/h1-9H,(H,19,22)/b14-9-. The number of nitro benzene ring substituents is 1. The van der Waals surface area contributed by atoms with Crippen LogP contribution in [0, 0.1) is 15.9 Å². The third-order valence-corrected chi connectivity index (χ3v) is 4.80. The van der Waals surface area contributed by atoms with Crippen LogP contribution in [0.3, 0.4) is 0 Å². The Kier molecular flexibility index (Phi) is 5.28. The van der Waals surface area contributed by atoms with E-state index in [4.69, 9.17) is 12.2 Å². The van der Waals surface area contributed by atoms with Crippen molar-refractivity contribution in [3.8, 4) is 0 Å². The molecule has 1 aliphatic heterocycles. The van der Waals surface area contributed by atoms with Crippen LogP contribution in [0.5, 0.6) is 0 Å². The van der Waals surface area contributed by atoms with Crippen molar-refractivity contribution in [3.63, 3.8) is 0 Å². The van der Waals surface area contributed by atoms with Crippen molar-refractivity contribution < 1.29 is 18.9 Å². The molecular formula is C17H10FN3O4S2. The van der Waals surface area contributed by atoms with Crippen LogP contribution in [0.25, 0.3) is 6.08 Å². The van der Waals surface area contributed by atoms with E-state index >= 15 is 0 Å². The van der Waals surface area contributed by atoms with Gasteiger partial charge in [-0.3, -0.25) is 25.1 Å².